The predicted molar refractivity (Wildman–Crippen MR) is 70.3 cm³/mol. The number of rotatable bonds is 2. The third-order valence-corrected chi connectivity index (χ3v) is 3.39. The fraction of sp³-hybridized carbons (Fsp3) is 0.214. The molecule has 2 N–H and O–H groups in total. The Morgan fingerprint density at radius 3 is 2.65 bits per heavy atom. The van der Waals surface area contributed by atoms with Gasteiger partial charge in [-0.25, -0.2) is 4.79 Å². The quantitative estimate of drug-likeness (QED) is 0.868. The molecule has 0 spiro atoms. The van der Waals surface area contributed by atoms with Crippen LogP contribution >= 0.6 is 0 Å². The van der Waals surface area contributed by atoms with Gasteiger partial charge in [0.05, 0.1) is 5.56 Å². The Hall–Kier alpha value is -2.63. The first kappa shape index (κ1) is 12.4. The zero-order valence-electron chi connectivity index (χ0n) is 10.9. The maximum absolute atomic E-state index is 12.3. The highest BCUT2D eigenvalue weighted by Crippen LogP contribution is 2.25. The number of carbonyl (C=O) groups is 2. The van der Waals surface area contributed by atoms with Crippen molar-refractivity contribution >= 4 is 11.9 Å². The molecule has 0 atom stereocenters. The zero-order valence-corrected chi connectivity index (χ0v) is 10.9. The fourth-order valence-electron chi connectivity index (χ4n) is 2.36. The van der Waals surface area contributed by atoms with E-state index in [1.54, 1.807) is 29.2 Å². The van der Waals surface area contributed by atoms with Gasteiger partial charge in [-0.1, -0.05) is 6.07 Å². The Balaban J connectivity index is 1.83. The number of fused-ring (bicyclic) bond motifs is 1. The van der Waals surface area contributed by atoms with Crippen LogP contribution in [0.4, 0.5) is 0 Å². The van der Waals surface area contributed by atoms with Gasteiger partial charge < -0.3 is 10.0 Å². The molecular weight excluding hydrogens is 258 g/mol. The Morgan fingerprint density at radius 2 is 2.00 bits per heavy atom. The molecule has 1 amide bonds. The van der Waals surface area contributed by atoms with Crippen molar-refractivity contribution in [3.8, 4) is 0 Å². The van der Waals surface area contributed by atoms with Gasteiger partial charge in [0.1, 0.15) is 5.69 Å². The number of aromatic carboxylic acids is 1. The number of hydrogen-bond donors (Lipinski definition) is 2. The van der Waals surface area contributed by atoms with Crippen LogP contribution in [0.3, 0.4) is 0 Å². The number of carbonyl (C=O) groups excluding carboxylic acids is 1. The summed E-state index contributed by atoms with van der Waals surface area (Å²) in [6, 6.07) is 6.66. The number of amides is 1. The van der Waals surface area contributed by atoms with Crippen LogP contribution in [-0.4, -0.2) is 32.1 Å². The number of aromatic amines is 1. The second kappa shape index (κ2) is 4.48. The molecule has 2 aromatic rings. The van der Waals surface area contributed by atoms with Gasteiger partial charge in [0.25, 0.3) is 5.91 Å². The van der Waals surface area contributed by atoms with Crippen molar-refractivity contribution in [3.63, 3.8) is 0 Å². The number of nitrogens with one attached hydrogen (secondary N) is 1. The number of aryl methyl sites for hydroxylation is 1. The van der Waals surface area contributed by atoms with Gasteiger partial charge in [0.2, 0.25) is 0 Å². The lowest BCUT2D eigenvalue weighted by Gasteiger charge is -2.13. The minimum Gasteiger partial charge on any atom is -0.478 e. The highest BCUT2D eigenvalue weighted by Gasteiger charge is 2.26. The van der Waals surface area contributed by atoms with Crippen LogP contribution in [0.1, 0.15) is 37.7 Å². The van der Waals surface area contributed by atoms with Crippen molar-refractivity contribution < 1.29 is 14.7 Å². The second-order valence-electron chi connectivity index (χ2n) is 4.89. The third kappa shape index (κ3) is 2.05. The number of aromatic nitrogens is 2. The lowest BCUT2D eigenvalue weighted by atomic mass is 10.1. The van der Waals surface area contributed by atoms with Crippen LogP contribution in [0.5, 0.6) is 0 Å². The Bertz CT molecular complexity index is 705. The molecule has 20 heavy (non-hydrogen) atoms. The average molecular weight is 271 g/mol. The molecule has 6 heteroatoms. The monoisotopic (exact) mass is 271 g/mol. The van der Waals surface area contributed by atoms with Crippen LogP contribution < -0.4 is 0 Å². The smallest absolute Gasteiger partial charge is 0.335 e. The van der Waals surface area contributed by atoms with E-state index in [1.807, 2.05) is 6.92 Å². The molecule has 0 bridgehead atoms. The second-order valence-corrected chi connectivity index (χ2v) is 4.89. The largest absolute Gasteiger partial charge is 0.478 e. The standard InChI is InChI=1S/C14H13N3O3/c1-8-4-12(16-15-8)13(18)17-6-10-3-2-9(14(19)20)5-11(10)7-17/h2-5H,6-7H2,1H3,(H,15,16)(H,19,20). The molecule has 1 aliphatic heterocycles. The van der Waals surface area contributed by atoms with E-state index in [0.717, 1.165) is 16.8 Å². The van der Waals surface area contributed by atoms with Crippen molar-refractivity contribution in [2.45, 2.75) is 20.0 Å². The van der Waals surface area contributed by atoms with Gasteiger partial charge in [-0.15, -0.1) is 0 Å². The summed E-state index contributed by atoms with van der Waals surface area (Å²) in [6.45, 7) is 2.74. The Labute approximate surface area is 115 Å². The first-order chi connectivity index (χ1) is 9.54. The van der Waals surface area contributed by atoms with Crippen molar-refractivity contribution in [2.75, 3.05) is 0 Å². The molecule has 2 heterocycles. The minimum atomic E-state index is -0.958. The lowest BCUT2D eigenvalue weighted by molar-refractivity contribution is 0.0696. The predicted octanol–water partition coefficient (Wildman–Crippen LogP) is 1.57. The van der Waals surface area contributed by atoms with E-state index in [0.29, 0.717) is 18.8 Å². The van der Waals surface area contributed by atoms with Crippen LogP contribution in [0.15, 0.2) is 24.3 Å². The summed E-state index contributed by atoms with van der Waals surface area (Å²) in [6.07, 6.45) is 0. The normalized spacial score (nSPS) is 13.3. The third-order valence-electron chi connectivity index (χ3n) is 3.39. The molecule has 0 fully saturated rings. The molecule has 0 radical (unpaired) electrons. The van der Waals surface area contributed by atoms with Crippen molar-refractivity contribution in [3.05, 3.63) is 52.3 Å². The van der Waals surface area contributed by atoms with Gasteiger partial charge >= 0.3 is 5.97 Å². The van der Waals surface area contributed by atoms with E-state index in [1.165, 1.54) is 0 Å². The maximum atomic E-state index is 12.3. The topological polar surface area (TPSA) is 86.3 Å². The molecule has 1 aromatic carbocycles. The summed E-state index contributed by atoms with van der Waals surface area (Å²) in [4.78, 5) is 24.9. The number of carboxylic acids is 1. The van der Waals surface area contributed by atoms with Crippen LogP contribution in [0, 0.1) is 6.92 Å². The van der Waals surface area contributed by atoms with E-state index >= 15 is 0 Å². The van der Waals surface area contributed by atoms with Crippen molar-refractivity contribution in [1.29, 1.82) is 0 Å². The molecular formula is C14H13N3O3. The lowest BCUT2D eigenvalue weighted by Crippen LogP contribution is -2.25. The van der Waals surface area contributed by atoms with Gasteiger partial charge in [-0.2, -0.15) is 5.10 Å². The highest BCUT2D eigenvalue weighted by molar-refractivity contribution is 5.93. The number of carboxylic acid groups (broad SMARTS) is 1. The van der Waals surface area contributed by atoms with Gasteiger partial charge in [0.15, 0.2) is 0 Å². The summed E-state index contributed by atoms with van der Waals surface area (Å²) >= 11 is 0. The summed E-state index contributed by atoms with van der Waals surface area (Å²) < 4.78 is 0. The number of H-pyrrole nitrogens is 1. The first-order valence-corrected chi connectivity index (χ1v) is 6.21. The van der Waals surface area contributed by atoms with E-state index < -0.39 is 5.97 Å². The fourth-order valence-corrected chi connectivity index (χ4v) is 2.36. The van der Waals surface area contributed by atoms with Crippen LogP contribution in [0.2, 0.25) is 0 Å². The molecule has 3 rings (SSSR count). The van der Waals surface area contributed by atoms with E-state index in [2.05, 4.69) is 10.2 Å². The molecule has 6 nitrogen and oxygen atoms in total. The molecule has 0 unspecified atom stereocenters. The molecule has 0 saturated heterocycles. The summed E-state index contributed by atoms with van der Waals surface area (Å²) in [7, 11) is 0. The highest BCUT2D eigenvalue weighted by atomic mass is 16.4. The van der Waals surface area contributed by atoms with E-state index in [4.69, 9.17) is 5.11 Å². The summed E-state index contributed by atoms with van der Waals surface area (Å²) in [5, 5.41) is 15.7. The van der Waals surface area contributed by atoms with Crippen LogP contribution in [0.25, 0.3) is 0 Å². The van der Waals surface area contributed by atoms with E-state index in [-0.39, 0.29) is 11.5 Å². The van der Waals surface area contributed by atoms with Crippen molar-refractivity contribution in [2.24, 2.45) is 0 Å². The van der Waals surface area contributed by atoms with Gasteiger partial charge in [-0.05, 0) is 36.2 Å². The molecule has 1 aliphatic rings. The number of benzene rings is 1. The molecule has 0 aliphatic carbocycles. The summed E-state index contributed by atoms with van der Waals surface area (Å²) in [5.41, 5.74) is 3.32. The van der Waals surface area contributed by atoms with Gasteiger partial charge in [0, 0.05) is 18.8 Å². The maximum Gasteiger partial charge on any atom is 0.335 e. The zero-order chi connectivity index (χ0) is 14.3. The molecule has 1 aromatic heterocycles. The minimum absolute atomic E-state index is 0.151. The van der Waals surface area contributed by atoms with Crippen LogP contribution in [-0.2, 0) is 13.1 Å². The Morgan fingerprint density at radius 1 is 1.25 bits per heavy atom. The molecule has 102 valence electrons. The average Bonchev–Trinajstić information content (AvgIpc) is 3.02. The Kier molecular flexibility index (Phi) is 2.78. The first-order valence-electron chi connectivity index (χ1n) is 6.21. The number of nitrogens with zero attached hydrogens (tertiary/aromatic N) is 2. The molecule has 0 saturated carbocycles. The van der Waals surface area contributed by atoms with E-state index in [9.17, 15) is 9.59 Å². The number of hydrogen-bond acceptors (Lipinski definition) is 3. The SMILES string of the molecule is Cc1cc(C(=O)N2Cc3ccc(C(=O)O)cc3C2)n[nH]1. The van der Waals surface area contributed by atoms with Gasteiger partial charge in [-0.3, -0.25) is 9.89 Å². The summed E-state index contributed by atoms with van der Waals surface area (Å²) in [5.74, 6) is -1.11. The van der Waals surface area contributed by atoms with Crippen molar-refractivity contribution in [1.82, 2.24) is 15.1 Å².